The summed E-state index contributed by atoms with van der Waals surface area (Å²) in [5.41, 5.74) is 8.69. The average Bonchev–Trinajstić information content (AvgIpc) is 3.27. The number of methoxy groups -OCH3 is 1. The maximum Gasteiger partial charge on any atom is 0.121 e. The normalized spacial score (nSPS) is 26.2. The summed E-state index contributed by atoms with van der Waals surface area (Å²) in [6, 6.07) is 7.12. The van der Waals surface area contributed by atoms with Gasteiger partial charge in [-0.05, 0) is 37.8 Å². The molecule has 0 saturated heterocycles. The molecule has 0 bridgehead atoms. The van der Waals surface area contributed by atoms with Gasteiger partial charge in [0.25, 0.3) is 0 Å². The third kappa shape index (κ3) is 2.22. The Morgan fingerprint density at radius 3 is 2.71 bits per heavy atom. The zero-order valence-corrected chi connectivity index (χ0v) is 12.6. The second kappa shape index (κ2) is 5.02. The zero-order valence-electron chi connectivity index (χ0n) is 12.6. The van der Waals surface area contributed by atoms with Crippen LogP contribution in [0.5, 0.6) is 5.75 Å². The van der Waals surface area contributed by atoms with Crippen LogP contribution in [0, 0.1) is 0 Å². The summed E-state index contributed by atoms with van der Waals surface area (Å²) in [6.07, 6.45) is 7.37. The van der Waals surface area contributed by atoms with Gasteiger partial charge in [0.15, 0.2) is 0 Å². The highest BCUT2D eigenvalue weighted by molar-refractivity contribution is 5.78. The van der Waals surface area contributed by atoms with E-state index in [9.17, 15) is 0 Å². The van der Waals surface area contributed by atoms with Crippen molar-refractivity contribution in [3.8, 4) is 5.75 Å². The minimum Gasteiger partial charge on any atom is -0.497 e. The van der Waals surface area contributed by atoms with Crippen molar-refractivity contribution in [2.75, 3.05) is 7.11 Å². The van der Waals surface area contributed by atoms with Gasteiger partial charge in [-0.2, -0.15) is 0 Å². The fourth-order valence-electron chi connectivity index (χ4n) is 3.68. The number of aromatic nitrogens is 2. The highest BCUT2D eigenvalue weighted by atomic mass is 16.5. The van der Waals surface area contributed by atoms with Gasteiger partial charge < -0.3 is 15.0 Å². The van der Waals surface area contributed by atoms with E-state index in [1.807, 2.05) is 12.1 Å². The van der Waals surface area contributed by atoms with E-state index >= 15 is 0 Å². The van der Waals surface area contributed by atoms with Gasteiger partial charge in [-0.3, -0.25) is 0 Å². The monoisotopic (exact) mass is 285 g/mol. The number of ether oxygens (including phenoxy) is 1. The second-order valence-electron chi connectivity index (χ2n) is 6.48. The SMILES string of the molecule is COc1ccc2c(c1)nc(C1CCCCC1N)n2C1CC1. The minimum absolute atomic E-state index is 0.259. The summed E-state index contributed by atoms with van der Waals surface area (Å²) in [5.74, 6) is 2.51. The summed E-state index contributed by atoms with van der Waals surface area (Å²) in [7, 11) is 1.71. The van der Waals surface area contributed by atoms with Gasteiger partial charge in [0.1, 0.15) is 11.6 Å². The van der Waals surface area contributed by atoms with Gasteiger partial charge >= 0.3 is 0 Å². The first kappa shape index (κ1) is 13.1. The largest absolute Gasteiger partial charge is 0.497 e. The molecule has 1 heterocycles. The van der Waals surface area contributed by atoms with Gasteiger partial charge in [0.2, 0.25) is 0 Å². The molecule has 1 aromatic carbocycles. The molecular weight excluding hydrogens is 262 g/mol. The number of fused-ring (bicyclic) bond motifs is 1. The third-order valence-electron chi connectivity index (χ3n) is 4.99. The minimum atomic E-state index is 0.259. The average molecular weight is 285 g/mol. The molecule has 2 aliphatic rings. The fourth-order valence-corrected chi connectivity index (χ4v) is 3.68. The number of rotatable bonds is 3. The number of benzene rings is 1. The van der Waals surface area contributed by atoms with Crippen LogP contribution in [0.2, 0.25) is 0 Å². The lowest BCUT2D eigenvalue weighted by molar-refractivity contribution is 0.365. The molecular formula is C17H23N3O. The molecule has 112 valence electrons. The van der Waals surface area contributed by atoms with Crippen LogP contribution in [0.3, 0.4) is 0 Å². The predicted octanol–water partition coefficient (Wildman–Crippen LogP) is 3.36. The molecule has 0 aliphatic heterocycles. The van der Waals surface area contributed by atoms with Gasteiger partial charge in [-0.1, -0.05) is 12.8 Å². The number of hydrogen-bond donors (Lipinski definition) is 1. The van der Waals surface area contributed by atoms with Gasteiger partial charge in [-0.15, -0.1) is 0 Å². The van der Waals surface area contributed by atoms with Crippen LogP contribution in [0.25, 0.3) is 11.0 Å². The molecule has 1 aromatic heterocycles. The molecule has 0 radical (unpaired) electrons. The quantitative estimate of drug-likeness (QED) is 0.940. The molecule has 0 amide bonds. The summed E-state index contributed by atoms with van der Waals surface area (Å²) < 4.78 is 7.80. The summed E-state index contributed by atoms with van der Waals surface area (Å²) >= 11 is 0. The predicted molar refractivity (Wildman–Crippen MR) is 83.7 cm³/mol. The van der Waals surface area contributed by atoms with Crippen molar-refractivity contribution in [2.24, 2.45) is 5.73 Å². The molecule has 4 rings (SSSR count). The Bertz CT molecular complexity index is 659. The number of nitrogens with two attached hydrogens (primary N) is 1. The van der Waals surface area contributed by atoms with E-state index in [-0.39, 0.29) is 6.04 Å². The Balaban J connectivity index is 1.84. The fraction of sp³-hybridized carbons (Fsp3) is 0.588. The first-order valence-corrected chi connectivity index (χ1v) is 8.09. The van der Waals surface area contributed by atoms with E-state index in [4.69, 9.17) is 15.5 Å². The van der Waals surface area contributed by atoms with E-state index in [1.54, 1.807) is 7.11 Å². The molecule has 2 atom stereocenters. The molecule has 2 unspecified atom stereocenters. The van der Waals surface area contributed by atoms with Crippen molar-refractivity contribution in [2.45, 2.75) is 56.5 Å². The maximum absolute atomic E-state index is 6.40. The van der Waals surface area contributed by atoms with Gasteiger partial charge in [-0.25, -0.2) is 4.98 Å². The molecule has 2 aromatic rings. The van der Waals surface area contributed by atoms with E-state index in [1.165, 1.54) is 43.4 Å². The summed E-state index contributed by atoms with van der Waals surface area (Å²) in [6.45, 7) is 0. The summed E-state index contributed by atoms with van der Waals surface area (Å²) in [4.78, 5) is 4.96. The third-order valence-corrected chi connectivity index (χ3v) is 4.99. The molecule has 4 heteroatoms. The van der Waals surface area contributed by atoms with Crippen molar-refractivity contribution in [3.05, 3.63) is 24.0 Å². The second-order valence-corrected chi connectivity index (χ2v) is 6.48. The zero-order chi connectivity index (χ0) is 14.4. The van der Waals surface area contributed by atoms with E-state index in [0.29, 0.717) is 12.0 Å². The number of hydrogen-bond acceptors (Lipinski definition) is 3. The maximum atomic E-state index is 6.40. The first-order chi connectivity index (χ1) is 10.3. The number of imidazole rings is 1. The van der Waals surface area contributed by atoms with E-state index < -0.39 is 0 Å². The first-order valence-electron chi connectivity index (χ1n) is 8.09. The lowest BCUT2D eigenvalue weighted by atomic mass is 9.84. The standard InChI is InChI=1S/C17H23N3O/c1-21-12-8-9-16-15(10-12)19-17(20(16)11-6-7-11)13-4-2-3-5-14(13)18/h8-11,13-14H,2-7,18H2,1H3. The highest BCUT2D eigenvalue weighted by Gasteiger charge is 2.34. The molecule has 2 fully saturated rings. The van der Waals surface area contributed by atoms with E-state index in [2.05, 4.69) is 10.6 Å². The molecule has 2 saturated carbocycles. The summed E-state index contributed by atoms with van der Waals surface area (Å²) in [5, 5.41) is 0. The molecule has 2 aliphatic carbocycles. The van der Waals surface area contributed by atoms with Gasteiger partial charge in [0.05, 0.1) is 18.1 Å². The Morgan fingerprint density at radius 2 is 2.00 bits per heavy atom. The molecule has 4 nitrogen and oxygen atoms in total. The molecule has 2 N–H and O–H groups in total. The van der Waals surface area contributed by atoms with Crippen LogP contribution in [0.4, 0.5) is 0 Å². The highest BCUT2D eigenvalue weighted by Crippen LogP contribution is 2.43. The number of nitrogens with zero attached hydrogens (tertiary/aromatic N) is 2. The molecule has 21 heavy (non-hydrogen) atoms. The topological polar surface area (TPSA) is 53.1 Å². The van der Waals surface area contributed by atoms with Crippen LogP contribution >= 0.6 is 0 Å². The Hall–Kier alpha value is -1.55. The lowest BCUT2D eigenvalue weighted by Gasteiger charge is -2.28. The lowest BCUT2D eigenvalue weighted by Crippen LogP contribution is -2.33. The van der Waals surface area contributed by atoms with Crippen molar-refractivity contribution < 1.29 is 4.74 Å². The van der Waals surface area contributed by atoms with Crippen LogP contribution in [0.15, 0.2) is 18.2 Å². The van der Waals surface area contributed by atoms with Crippen LogP contribution < -0.4 is 10.5 Å². The van der Waals surface area contributed by atoms with Crippen molar-refractivity contribution >= 4 is 11.0 Å². The Morgan fingerprint density at radius 1 is 1.19 bits per heavy atom. The van der Waals surface area contributed by atoms with Gasteiger partial charge in [0, 0.05) is 24.1 Å². The Kier molecular flexibility index (Phi) is 3.14. The van der Waals surface area contributed by atoms with Crippen LogP contribution in [-0.4, -0.2) is 22.7 Å². The van der Waals surface area contributed by atoms with Crippen molar-refractivity contribution in [1.82, 2.24) is 9.55 Å². The van der Waals surface area contributed by atoms with Crippen LogP contribution in [-0.2, 0) is 0 Å². The smallest absolute Gasteiger partial charge is 0.121 e. The van der Waals surface area contributed by atoms with Crippen LogP contribution in [0.1, 0.15) is 56.3 Å². The molecule has 0 spiro atoms. The van der Waals surface area contributed by atoms with Crippen molar-refractivity contribution in [3.63, 3.8) is 0 Å². The van der Waals surface area contributed by atoms with E-state index in [0.717, 1.165) is 17.7 Å². The van der Waals surface area contributed by atoms with Crippen molar-refractivity contribution in [1.29, 1.82) is 0 Å². The Labute approximate surface area is 125 Å².